The van der Waals surface area contributed by atoms with Crippen molar-refractivity contribution < 1.29 is 14.1 Å². The zero-order chi connectivity index (χ0) is 13.8. The van der Waals surface area contributed by atoms with E-state index in [9.17, 15) is 14.9 Å². The number of aromatic nitrogens is 1. The monoisotopic (exact) mass is 261 g/mol. The highest BCUT2D eigenvalue weighted by atomic mass is 16.6. The van der Waals surface area contributed by atoms with Crippen molar-refractivity contribution in [2.24, 2.45) is 0 Å². The summed E-state index contributed by atoms with van der Waals surface area (Å²) in [6, 6.07) is 5.71. The first-order chi connectivity index (χ1) is 9.08. The fourth-order valence-corrected chi connectivity index (χ4v) is 1.55. The zero-order valence-corrected chi connectivity index (χ0v) is 10.1. The molecule has 0 bridgehead atoms. The normalized spacial score (nSPS) is 11.8. The number of hydrogen-bond donors (Lipinski definition) is 1. The van der Waals surface area contributed by atoms with Crippen LogP contribution in [0.5, 0.6) is 0 Å². The van der Waals surface area contributed by atoms with E-state index in [-0.39, 0.29) is 11.8 Å². The molecule has 0 saturated heterocycles. The summed E-state index contributed by atoms with van der Waals surface area (Å²) in [6.07, 6.45) is 3.24. The van der Waals surface area contributed by atoms with Crippen LogP contribution in [0, 0.1) is 10.1 Å². The molecule has 2 heterocycles. The van der Waals surface area contributed by atoms with Crippen LogP contribution in [0.2, 0.25) is 0 Å². The van der Waals surface area contributed by atoms with Crippen molar-refractivity contribution in [1.82, 2.24) is 10.3 Å². The predicted octanol–water partition coefficient (Wildman–Crippen LogP) is 2.07. The molecule has 98 valence electrons. The largest absolute Gasteiger partial charge is 0.433 e. The second kappa shape index (κ2) is 5.30. The molecule has 2 aromatic rings. The molecule has 0 aliphatic heterocycles. The standard InChI is InChI=1S/C12H11N3O4/c1-8(9-4-6-13-7-5-9)14-12(16)10-2-3-11(19-10)15(17)18/h2-8H,1H3,(H,14,16). The molecule has 2 aromatic heterocycles. The fraction of sp³-hybridized carbons (Fsp3) is 0.167. The van der Waals surface area contributed by atoms with Crippen molar-refractivity contribution in [3.63, 3.8) is 0 Å². The van der Waals surface area contributed by atoms with Crippen LogP contribution in [0.4, 0.5) is 5.88 Å². The van der Waals surface area contributed by atoms with E-state index < -0.39 is 16.7 Å². The van der Waals surface area contributed by atoms with Crippen LogP contribution in [-0.4, -0.2) is 15.8 Å². The number of nitro groups is 1. The van der Waals surface area contributed by atoms with Crippen LogP contribution in [-0.2, 0) is 0 Å². The summed E-state index contributed by atoms with van der Waals surface area (Å²) in [7, 11) is 0. The number of rotatable bonds is 4. The number of furan rings is 1. The second-order valence-corrected chi connectivity index (χ2v) is 3.87. The van der Waals surface area contributed by atoms with Gasteiger partial charge in [0.2, 0.25) is 0 Å². The van der Waals surface area contributed by atoms with Gasteiger partial charge in [-0.15, -0.1) is 0 Å². The lowest BCUT2D eigenvalue weighted by atomic mass is 10.1. The lowest BCUT2D eigenvalue weighted by Crippen LogP contribution is -2.26. The van der Waals surface area contributed by atoms with Crippen LogP contribution < -0.4 is 5.32 Å². The lowest BCUT2D eigenvalue weighted by Gasteiger charge is -2.12. The molecule has 1 unspecified atom stereocenters. The first kappa shape index (κ1) is 12.7. The molecule has 1 amide bonds. The molecule has 7 nitrogen and oxygen atoms in total. The van der Waals surface area contributed by atoms with E-state index in [1.54, 1.807) is 31.5 Å². The highest BCUT2D eigenvalue weighted by molar-refractivity contribution is 5.91. The summed E-state index contributed by atoms with van der Waals surface area (Å²) in [4.78, 5) is 25.5. The molecule has 0 fully saturated rings. The molecular formula is C12H11N3O4. The molecule has 1 atom stereocenters. The average Bonchev–Trinajstić information content (AvgIpc) is 2.89. The second-order valence-electron chi connectivity index (χ2n) is 3.87. The van der Waals surface area contributed by atoms with E-state index in [1.807, 2.05) is 0 Å². The van der Waals surface area contributed by atoms with Crippen LogP contribution in [0.3, 0.4) is 0 Å². The van der Waals surface area contributed by atoms with E-state index in [0.717, 1.165) is 11.6 Å². The summed E-state index contributed by atoms with van der Waals surface area (Å²) in [6.45, 7) is 1.80. The average molecular weight is 261 g/mol. The Morgan fingerprint density at radius 2 is 2.05 bits per heavy atom. The Morgan fingerprint density at radius 3 is 2.63 bits per heavy atom. The highest BCUT2D eigenvalue weighted by Crippen LogP contribution is 2.17. The van der Waals surface area contributed by atoms with Crippen molar-refractivity contribution in [1.29, 1.82) is 0 Å². The number of carbonyl (C=O) groups excluding carboxylic acids is 1. The SMILES string of the molecule is CC(NC(=O)c1ccc([N+](=O)[O-])o1)c1ccncc1. The maximum absolute atomic E-state index is 11.8. The quantitative estimate of drug-likeness (QED) is 0.671. The van der Waals surface area contributed by atoms with Gasteiger partial charge in [0.15, 0.2) is 5.76 Å². The van der Waals surface area contributed by atoms with E-state index in [0.29, 0.717) is 0 Å². The van der Waals surface area contributed by atoms with Gasteiger partial charge < -0.3 is 9.73 Å². The number of nitrogens with zero attached hydrogens (tertiary/aromatic N) is 2. The molecule has 0 aliphatic rings. The van der Waals surface area contributed by atoms with Gasteiger partial charge in [-0.05, 0) is 30.7 Å². The van der Waals surface area contributed by atoms with Crippen molar-refractivity contribution >= 4 is 11.8 Å². The third-order valence-electron chi connectivity index (χ3n) is 2.55. The van der Waals surface area contributed by atoms with Crippen LogP contribution >= 0.6 is 0 Å². The number of amides is 1. The minimum absolute atomic E-state index is 0.0902. The number of pyridine rings is 1. The number of hydrogen-bond acceptors (Lipinski definition) is 5. The van der Waals surface area contributed by atoms with Gasteiger partial charge >= 0.3 is 5.88 Å². The Labute approximate surface area is 108 Å². The third-order valence-corrected chi connectivity index (χ3v) is 2.55. The van der Waals surface area contributed by atoms with Gasteiger partial charge in [0.25, 0.3) is 5.91 Å². The number of carbonyl (C=O) groups is 1. The highest BCUT2D eigenvalue weighted by Gasteiger charge is 2.18. The summed E-state index contributed by atoms with van der Waals surface area (Å²) < 4.78 is 4.82. The maximum atomic E-state index is 11.8. The topological polar surface area (TPSA) is 98.3 Å². The van der Waals surface area contributed by atoms with Crippen molar-refractivity contribution in [3.8, 4) is 0 Å². The smallest absolute Gasteiger partial charge is 0.395 e. The first-order valence-corrected chi connectivity index (χ1v) is 5.53. The van der Waals surface area contributed by atoms with Crippen molar-refractivity contribution in [2.45, 2.75) is 13.0 Å². The van der Waals surface area contributed by atoms with Crippen LogP contribution in [0.25, 0.3) is 0 Å². The maximum Gasteiger partial charge on any atom is 0.433 e. The van der Waals surface area contributed by atoms with Crippen LogP contribution in [0.15, 0.2) is 41.1 Å². The molecule has 0 saturated carbocycles. The van der Waals surface area contributed by atoms with E-state index in [4.69, 9.17) is 4.42 Å². The van der Waals surface area contributed by atoms with Gasteiger partial charge in [0.05, 0.1) is 12.1 Å². The molecule has 0 radical (unpaired) electrons. The van der Waals surface area contributed by atoms with E-state index in [1.165, 1.54) is 6.07 Å². The Bertz CT molecular complexity index is 594. The van der Waals surface area contributed by atoms with Gasteiger partial charge in [0.1, 0.15) is 4.92 Å². The third kappa shape index (κ3) is 2.95. The minimum atomic E-state index is -0.691. The Hall–Kier alpha value is -2.70. The van der Waals surface area contributed by atoms with E-state index in [2.05, 4.69) is 10.3 Å². The predicted molar refractivity (Wildman–Crippen MR) is 65.5 cm³/mol. The molecule has 7 heteroatoms. The van der Waals surface area contributed by atoms with Crippen molar-refractivity contribution in [2.75, 3.05) is 0 Å². The summed E-state index contributed by atoms with van der Waals surface area (Å²) in [5.41, 5.74) is 0.879. The van der Waals surface area contributed by atoms with Gasteiger partial charge in [0, 0.05) is 12.4 Å². The molecule has 0 aliphatic carbocycles. The fourth-order valence-electron chi connectivity index (χ4n) is 1.55. The van der Waals surface area contributed by atoms with Gasteiger partial charge in [-0.2, -0.15) is 0 Å². The number of nitrogens with one attached hydrogen (secondary N) is 1. The van der Waals surface area contributed by atoms with Gasteiger partial charge in [-0.1, -0.05) is 0 Å². The minimum Gasteiger partial charge on any atom is -0.395 e. The van der Waals surface area contributed by atoms with Crippen LogP contribution in [0.1, 0.15) is 29.1 Å². The summed E-state index contributed by atoms with van der Waals surface area (Å²) in [5, 5.41) is 13.1. The Balaban J connectivity index is 2.06. The molecule has 1 N–H and O–H groups in total. The van der Waals surface area contributed by atoms with E-state index >= 15 is 0 Å². The Kier molecular flexibility index (Phi) is 3.56. The van der Waals surface area contributed by atoms with Gasteiger partial charge in [-0.25, -0.2) is 0 Å². The molecule has 0 aromatic carbocycles. The summed E-state index contributed by atoms with van der Waals surface area (Å²) in [5.74, 6) is -1.05. The molecule has 19 heavy (non-hydrogen) atoms. The zero-order valence-electron chi connectivity index (χ0n) is 10.1. The first-order valence-electron chi connectivity index (χ1n) is 5.53. The van der Waals surface area contributed by atoms with Crippen molar-refractivity contribution in [3.05, 3.63) is 58.1 Å². The molecular weight excluding hydrogens is 250 g/mol. The Morgan fingerprint density at radius 1 is 1.37 bits per heavy atom. The van der Waals surface area contributed by atoms with Gasteiger partial charge in [-0.3, -0.25) is 19.9 Å². The summed E-state index contributed by atoms with van der Waals surface area (Å²) >= 11 is 0. The lowest BCUT2D eigenvalue weighted by molar-refractivity contribution is -0.402. The molecule has 0 spiro atoms. The molecule has 2 rings (SSSR count).